The number of carbonyl (C=O) groups excluding carboxylic acids is 1. The van der Waals surface area contributed by atoms with E-state index >= 15 is 0 Å². The Morgan fingerprint density at radius 3 is 1.62 bits per heavy atom. The van der Waals surface area contributed by atoms with Gasteiger partial charge in [-0.3, -0.25) is 0 Å². The number of carboxylic acid groups (broad SMARTS) is 1. The summed E-state index contributed by atoms with van der Waals surface area (Å²) in [6.45, 7) is 0. The molecule has 238 valence electrons. The van der Waals surface area contributed by atoms with Crippen LogP contribution in [0.15, 0.2) is 36.4 Å². The number of fused-ring (bicyclic) bond motifs is 2. The van der Waals surface area contributed by atoms with Gasteiger partial charge in [0.15, 0.2) is 0 Å². The summed E-state index contributed by atoms with van der Waals surface area (Å²) in [7, 11) is 8.80. The normalized spacial score (nSPS) is 17.0. The highest BCUT2D eigenvalue weighted by Crippen LogP contribution is 2.40. The van der Waals surface area contributed by atoms with Crippen molar-refractivity contribution in [3.63, 3.8) is 0 Å². The van der Waals surface area contributed by atoms with Gasteiger partial charge in [-0.05, 0) is 74.9 Å². The van der Waals surface area contributed by atoms with Crippen LogP contribution in [0.3, 0.4) is 0 Å². The van der Waals surface area contributed by atoms with Crippen molar-refractivity contribution in [1.29, 1.82) is 0 Å². The number of carboxylic acids is 1. The van der Waals surface area contributed by atoms with Crippen LogP contribution in [0.25, 0.3) is 21.1 Å². The summed E-state index contributed by atoms with van der Waals surface area (Å²) in [6.07, 6.45) is 4.41. The maximum atomic E-state index is 12.1. The number of anilines is 2. The molecule has 0 saturated carbocycles. The predicted octanol–water partition coefficient (Wildman–Crippen LogP) is 5.98. The van der Waals surface area contributed by atoms with E-state index in [4.69, 9.17) is 4.74 Å². The Morgan fingerprint density at radius 2 is 1.22 bits per heavy atom. The van der Waals surface area contributed by atoms with Crippen LogP contribution in [-0.4, -0.2) is 72.5 Å². The minimum atomic E-state index is -0.952. The monoisotopic (exact) mass is 650 g/mol. The van der Waals surface area contributed by atoms with Crippen molar-refractivity contribution in [2.75, 3.05) is 45.1 Å². The van der Waals surface area contributed by atoms with Crippen LogP contribution in [0, 0.1) is 0 Å². The Hall–Kier alpha value is -3.84. The van der Waals surface area contributed by atoms with E-state index in [0.29, 0.717) is 11.3 Å². The number of hydrogen-bond acceptors (Lipinski definition) is 11. The topological polar surface area (TPSA) is 136 Å². The Bertz CT molecular complexity index is 1710. The highest BCUT2D eigenvalue weighted by Gasteiger charge is 2.25. The Balaban J connectivity index is 0.000000178. The Kier molecular flexibility index (Phi) is 9.88. The van der Waals surface area contributed by atoms with Gasteiger partial charge in [-0.15, -0.1) is 22.7 Å². The largest absolute Gasteiger partial charge is 0.478 e. The molecule has 6 rings (SSSR count). The van der Waals surface area contributed by atoms with Crippen LogP contribution < -0.4 is 9.80 Å². The molecule has 0 radical (unpaired) electrons. The molecule has 0 amide bonds. The molecule has 12 heteroatoms. The molecule has 0 saturated heterocycles. The van der Waals surface area contributed by atoms with Gasteiger partial charge in [0.1, 0.15) is 10.0 Å². The lowest BCUT2D eigenvalue weighted by Crippen LogP contribution is -2.14. The number of esters is 1. The molecule has 10 nitrogen and oxygen atoms in total. The summed E-state index contributed by atoms with van der Waals surface area (Å²) in [6, 6.07) is 11.0. The number of methoxy groups -OCH3 is 1. The first-order valence-electron chi connectivity index (χ1n) is 14.8. The molecule has 45 heavy (non-hydrogen) atoms. The summed E-state index contributed by atoms with van der Waals surface area (Å²) < 4.78 is 4.89. The maximum Gasteiger partial charge on any atom is 0.339 e. The fraction of sp³-hybridized carbons (Fsp3) is 0.394. The fourth-order valence-electron chi connectivity index (χ4n) is 5.60. The van der Waals surface area contributed by atoms with E-state index in [2.05, 4.69) is 9.97 Å². The number of rotatable bonds is 6. The molecule has 2 aromatic carbocycles. The van der Waals surface area contributed by atoms with Crippen molar-refractivity contribution < 1.29 is 29.6 Å². The molecular formula is C33H38N4O6S2. The third kappa shape index (κ3) is 6.89. The zero-order valence-electron chi connectivity index (χ0n) is 26.0. The predicted molar refractivity (Wildman–Crippen MR) is 178 cm³/mol. The lowest BCUT2D eigenvalue weighted by Gasteiger charge is -2.16. The third-order valence-corrected chi connectivity index (χ3v) is 10.4. The zero-order chi connectivity index (χ0) is 32.4. The molecule has 2 unspecified atom stereocenters. The molecular weight excluding hydrogens is 613 g/mol. The van der Waals surface area contributed by atoms with Crippen molar-refractivity contribution >= 4 is 46.0 Å². The minimum Gasteiger partial charge on any atom is -0.478 e. The molecule has 2 aliphatic carbocycles. The van der Waals surface area contributed by atoms with Crippen molar-refractivity contribution in [2.45, 2.75) is 50.7 Å². The van der Waals surface area contributed by atoms with Gasteiger partial charge in [0.05, 0.1) is 63.0 Å². The number of aliphatic hydroxyl groups excluding tert-OH is 2. The average Bonchev–Trinajstić information content (AvgIpc) is 3.67. The molecule has 2 aromatic heterocycles. The summed E-state index contributed by atoms with van der Waals surface area (Å²) in [5.41, 5.74) is 5.85. The first-order chi connectivity index (χ1) is 21.5. The number of thiazole rings is 2. The molecule has 2 atom stereocenters. The molecule has 2 heterocycles. The smallest absolute Gasteiger partial charge is 0.339 e. The second-order valence-electron chi connectivity index (χ2n) is 11.5. The van der Waals surface area contributed by atoms with Gasteiger partial charge >= 0.3 is 11.9 Å². The Morgan fingerprint density at radius 1 is 0.778 bits per heavy atom. The Labute approximate surface area is 270 Å². The van der Waals surface area contributed by atoms with Gasteiger partial charge in [-0.2, -0.15) is 0 Å². The number of benzene rings is 2. The first kappa shape index (κ1) is 32.6. The number of nitrogens with zero attached hydrogens (tertiary/aromatic N) is 4. The highest BCUT2D eigenvalue weighted by molar-refractivity contribution is 7.15. The molecule has 2 aliphatic rings. The second-order valence-corrected chi connectivity index (χ2v) is 13.6. The van der Waals surface area contributed by atoms with E-state index in [1.165, 1.54) is 29.8 Å². The molecule has 0 bridgehead atoms. The fourth-order valence-corrected chi connectivity index (χ4v) is 7.86. The van der Waals surface area contributed by atoms with Crippen LogP contribution in [0.1, 0.15) is 79.7 Å². The third-order valence-electron chi connectivity index (χ3n) is 7.93. The van der Waals surface area contributed by atoms with E-state index in [1.807, 2.05) is 57.4 Å². The SMILES string of the molecule is CN(C)c1ccc(-c2nc3c(s2)C(O)CCC3)cc1C(=O)O.COC(=O)c1cc(-c2nc3c(s2)C(O)CCC3)ccc1N(C)C. The summed E-state index contributed by atoms with van der Waals surface area (Å²) in [5, 5.41) is 31.2. The zero-order valence-corrected chi connectivity index (χ0v) is 27.7. The van der Waals surface area contributed by atoms with Crippen LogP contribution >= 0.6 is 22.7 Å². The van der Waals surface area contributed by atoms with Crippen LogP contribution in [0.4, 0.5) is 11.4 Å². The summed E-state index contributed by atoms with van der Waals surface area (Å²) >= 11 is 2.98. The number of ether oxygens (including phenoxy) is 1. The molecule has 0 spiro atoms. The quantitative estimate of drug-likeness (QED) is 0.214. The van der Waals surface area contributed by atoms with Crippen molar-refractivity contribution in [3.8, 4) is 21.1 Å². The minimum absolute atomic E-state index is 0.260. The van der Waals surface area contributed by atoms with Crippen molar-refractivity contribution in [1.82, 2.24) is 9.97 Å². The first-order valence-corrected chi connectivity index (χ1v) is 16.4. The van der Waals surface area contributed by atoms with Crippen LogP contribution in [0.2, 0.25) is 0 Å². The number of hydrogen-bond donors (Lipinski definition) is 3. The van der Waals surface area contributed by atoms with E-state index in [-0.39, 0.29) is 11.5 Å². The molecule has 4 aromatic rings. The summed E-state index contributed by atoms with van der Waals surface area (Å²) in [4.78, 5) is 38.3. The molecule has 3 N–H and O–H groups in total. The van der Waals surface area contributed by atoms with E-state index in [9.17, 15) is 24.9 Å². The van der Waals surface area contributed by atoms with Gasteiger partial charge in [0.25, 0.3) is 0 Å². The number of aromatic nitrogens is 2. The van der Waals surface area contributed by atoms with Crippen LogP contribution in [0.5, 0.6) is 0 Å². The number of carbonyl (C=O) groups is 2. The van der Waals surface area contributed by atoms with Gasteiger partial charge in [0, 0.05) is 39.3 Å². The number of aromatic carboxylic acids is 1. The lowest BCUT2D eigenvalue weighted by atomic mass is 10.0. The number of aryl methyl sites for hydroxylation is 2. The van der Waals surface area contributed by atoms with Gasteiger partial charge in [-0.1, -0.05) is 0 Å². The van der Waals surface area contributed by atoms with E-state index in [0.717, 1.165) is 86.5 Å². The standard InChI is InChI=1S/C17H20N2O3S.C16H18N2O3S/c1-19(2)13-8-7-10(9-11(13)17(21)22-3)16-18-12-5-4-6-14(20)15(12)23-16;1-18(2)12-7-6-9(8-10(12)16(20)21)15-17-11-4-3-5-13(19)14(11)22-15/h7-9,14,20H,4-6H2,1-3H3;6-8,13,19H,3-5H2,1-2H3,(H,20,21). The molecule has 0 fully saturated rings. The van der Waals surface area contributed by atoms with Gasteiger partial charge in [-0.25, -0.2) is 19.6 Å². The summed E-state index contributed by atoms with van der Waals surface area (Å²) in [5.74, 6) is -1.32. The van der Waals surface area contributed by atoms with E-state index < -0.39 is 18.2 Å². The van der Waals surface area contributed by atoms with E-state index in [1.54, 1.807) is 17.0 Å². The molecule has 0 aliphatic heterocycles. The van der Waals surface area contributed by atoms with Crippen molar-refractivity contribution in [3.05, 3.63) is 68.7 Å². The van der Waals surface area contributed by atoms with Crippen LogP contribution in [-0.2, 0) is 17.6 Å². The van der Waals surface area contributed by atoms with Gasteiger partial charge < -0.3 is 29.9 Å². The second kappa shape index (κ2) is 13.7. The van der Waals surface area contributed by atoms with Crippen molar-refractivity contribution in [2.24, 2.45) is 0 Å². The maximum absolute atomic E-state index is 12.1. The number of aliphatic hydroxyl groups is 2. The van der Waals surface area contributed by atoms with Gasteiger partial charge in [0.2, 0.25) is 0 Å². The lowest BCUT2D eigenvalue weighted by molar-refractivity contribution is 0.0600. The average molecular weight is 651 g/mol. The highest BCUT2D eigenvalue weighted by atomic mass is 32.1.